The number of carbonyl (C=O) groups is 1. The van der Waals surface area contributed by atoms with Gasteiger partial charge in [0.1, 0.15) is 0 Å². The number of nitrogens with one attached hydrogen (secondary N) is 1. The second kappa shape index (κ2) is 4.60. The van der Waals surface area contributed by atoms with Crippen molar-refractivity contribution in [3.8, 4) is 0 Å². The first-order valence-electron chi connectivity index (χ1n) is 7.06. The van der Waals surface area contributed by atoms with Crippen LogP contribution in [-0.4, -0.2) is 18.5 Å². The largest absolute Gasteiger partial charge is 0.355 e. The summed E-state index contributed by atoms with van der Waals surface area (Å²) in [5.41, 5.74) is 6.18. The zero-order valence-electron chi connectivity index (χ0n) is 11.2. The summed E-state index contributed by atoms with van der Waals surface area (Å²) in [4.78, 5) is 12.3. The molecule has 2 fully saturated rings. The minimum absolute atomic E-state index is 0.0452. The third-order valence-electron chi connectivity index (χ3n) is 4.91. The monoisotopic (exact) mass is 238 g/mol. The van der Waals surface area contributed by atoms with Gasteiger partial charge in [-0.1, -0.05) is 19.8 Å². The molecule has 2 atom stereocenters. The average Bonchev–Trinajstić information content (AvgIpc) is 2.98. The fourth-order valence-corrected chi connectivity index (χ4v) is 3.17. The number of amides is 1. The highest BCUT2D eigenvalue weighted by Crippen LogP contribution is 2.49. The van der Waals surface area contributed by atoms with Gasteiger partial charge in [-0.3, -0.25) is 4.79 Å². The first-order valence-corrected chi connectivity index (χ1v) is 7.06. The Bertz CT molecular complexity index is 299. The molecule has 0 bridgehead atoms. The molecular formula is C14H26N2O. The topological polar surface area (TPSA) is 55.1 Å². The molecule has 3 nitrogen and oxygen atoms in total. The predicted octanol–water partition coefficient (Wildman–Crippen LogP) is 2.20. The summed E-state index contributed by atoms with van der Waals surface area (Å²) in [6.07, 6.45) is 8.05. The maximum Gasteiger partial charge on any atom is 0.227 e. The van der Waals surface area contributed by atoms with E-state index in [9.17, 15) is 4.79 Å². The minimum atomic E-state index is -0.317. The third-order valence-corrected chi connectivity index (χ3v) is 4.91. The molecule has 0 heterocycles. The van der Waals surface area contributed by atoms with Crippen molar-refractivity contribution in [1.29, 1.82) is 0 Å². The Hall–Kier alpha value is -0.570. The van der Waals surface area contributed by atoms with E-state index in [0.717, 1.165) is 25.8 Å². The lowest BCUT2D eigenvalue weighted by Crippen LogP contribution is -2.48. The van der Waals surface area contributed by atoms with Gasteiger partial charge in [-0.25, -0.2) is 0 Å². The van der Waals surface area contributed by atoms with Crippen LogP contribution in [0.4, 0.5) is 0 Å². The summed E-state index contributed by atoms with van der Waals surface area (Å²) in [6, 6.07) is 0.0452. The maximum atomic E-state index is 12.3. The summed E-state index contributed by atoms with van der Waals surface area (Å²) < 4.78 is 0. The first kappa shape index (κ1) is 12.9. The Labute approximate surface area is 105 Å². The molecule has 0 radical (unpaired) electrons. The van der Waals surface area contributed by atoms with E-state index >= 15 is 0 Å². The Balaban J connectivity index is 1.85. The standard InChI is InChI=1S/C14H26N2O/c1-3-6-14(8-9-14)10-16-12(17)13(2)7-4-5-11(13)15/h11H,3-10,15H2,1-2H3,(H,16,17). The fourth-order valence-electron chi connectivity index (χ4n) is 3.17. The lowest BCUT2D eigenvalue weighted by atomic mass is 9.84. The van der Waals surface area contributed by atoms with Crippen molar-refractivity contribution in [2.45, 2.75) is 64.8 Å². The molecule has 0 aromatic carbocycles. The van der Waals surface area contributed by atoms with Crippen molar-refractivity contribution in [3.63, 3.8) is 0 Å². The van der Waals surface area contributed by atoms with Crippen LogP contribution in [0, 0.1) is 10.8 Å². The molecular weight excluding hydrogens is 212 g/mol. The van der Waals surface area contributed by atoms with E-state index in [4.69, 9.17) is 5.73 Å². The maximum absolute atomic E-state index is 12.3. The third kappa shape index (κ3) is 2.49. The summed E-state index contributed by atoms with van der Waals surface area (Å²) in [5, 5.41) is 3.16. The van der Waals surface area contributed by atoms with Crippen LogP contribution in [0.3, 0.4) is 0 Å². The van der Waals surface area contributed by atoms with Crippen LogP contribution >= 0.6 is 0 Å². The lowest BCUT2D eigenvalue weighted by Gasteiger charge is -2.28. The van der Waals surface area contributed by atoms with Crippen LogP contribution in [0.2, 0.25) is 0 Å². The second-order valence-corrected chi connectivity index (χ2v) is 6.35. The molecule has 0 aromatic rings. The quantitative estimate of drug-likeness (QED) is 0.771. The lowest BCUT2D eigenvalue weighted by molar-refractivity contribution is -0.130. The number of rotatable bonds is 5. The van der Waals surface area contributed by atoms with Gasteiger partial charge in [0.2, 0.25) is 5.91 Å². The van der Waals surface area contributed by atoms with E-state index in [1.807, 2.05) is 6.92 Å². The highest BCUT2D eigenvalue weighted by Gasteiger charge is 2.46. The molecule has 98 valence electrons. The van der Waals surface area contributed by atoms with Gasteiger partial charge in [0.15, 0.2) is 0 Å². The second-order valence-electron chi connectivity index (χ2n) is 6.35. The summed E-state index contributed by atoms with van der Waals surface area (Å²) in [6.45, 7) is 5.11. The molecule has 2 unspecified atom stereocenters. The number of hydrogen-bond donors (Lipinski definition) is 2. The molecule has 0 saturated heterocycles. The van der Waals surface area contributed by atoms with Crippen LogP contribution in [-0.2, 0) is 4.79 Å². The summed E-state index contributed by atoms with van der Waals surface area (Å²) in [5.74, 6) is 0.185. The van der Waals surface area contributed by atoms with E-state index in [1.54, 1.807) is 0 Å². The molecule has 17 heavy (non-hydrogen) atoms. The van der Waals surface area contributed by atoms with E-state index in [2.05, 4.69) is 12.2 Å². The Morgan fingerprint density at radius 3 is 2.59 bits per heavy atom. The fraction of sp³-hybridized carbons (Fsp3) is 0.929. The van der Waals surface area contributed by atoms with E-state index in [0.29, 0.717) is 5.41 Å². The average molecular weight is 238 g/mol. The van der Waals surface area contributed by atoms with Crippen LogP contribution < -0.4 is 11.1 Å². The van der Waals surface area contributed by atoms with Crippen molar-refractivity contribution in [2.24, 2.45) is 16.6 Å². The van der Waals surface area contributed by atoms with Crippen molar-refractivity contribution >= 4 is 5.91 Å². The minimum Gasteiger partial charge on any atom is -0.355 e. The molecule has 2 rings (SSSR count). The number of carbonyl (C=O) groups excluding carboxylic acids is 1. The van der Waals surface area contributed by atoms with Gasteiger partial charge in [-0.05, 0) is 44.4 Å². The normalized spacial score (nSPS) is 34.6. The van der Waals surface area contributed by atoms with Gasteiger partial charge >= 0.3 is 0 Å². The van der Waals surface area contributed by atoms with Crippen LogP contribution in [0.5, 0.6) is 0 Å². The van der Waals surface area contributed by atoms with E-state index < -0.39 is 0 Å². The zero-order chi connectivity index (χ0) is 12.5. The van der Waals surface area contributed by atoms with Gasteiger partial charge in [0.05, 0.1) is 5.41 Å². The molecule has 0 spiro atoms. The summed E-state index contributed by atoms with van der Waals surface area (Å²) >= 11 is 0. The van der Waals surface area contributed by atoms with Crippen molar-refractivity contribution < 1.29 is 4.79 Å². The molecule has 2 aliphatic carbocycles. The molecule has 3 heteroatoms. The van der Waals surface area contributed by atoms with Gasteiger partial charge < -0.3 is 11.1 Å². The Morgan fingerprint density at radius 1 is 1.41 bits per heavy atom. The zero-order valence-corrected chi connectivity index (χ0v) is 11.2. The van der Waals surface area contributed by atoms with Crippen LogP contribution in [0.25, 0.3) is 0 Å². The SMILES string of the molecule is CCCC1(CNC(=O)C2(C)CCCC2N)CC1. The van der Waals surface area contributed by atoms with Crippen LogP contribution in [0.15, 0.2) is 0 Å². The summed E-state index contributed by atoms with van der Waals surface area (Å²) in [7, 11) is 0. The Morgan fingerprint density at radius 2 is 2.12 bits per heavy atom. The van der Waals surface area contributed by atoms with Gasteiger partial charge in [-0.2, -0.15) is 0 Å². The predicted molar refractivity (Wildman–Crippen MR) is 69.5 cm³/mol. The Kier molecular flexibility index (Phi) is 3.48. The molecule has 1 amide bonds. The molecule has 2 saturated carbocycles. The molecule has 2 aliphatic rings. The van der Waals surface area contributed by atoms with E-state index in [-0.39, 0.29) is 17.4 Å². The van der Waals surface area contributed by atoms with Crippen molar-refractivity contribution in [1.82, 2.24) is 5.32 Å². The van der Waals surface area contributed by atoms with Gasteiger partial charge in [-0.15, -0.1) is 0 Å². The first-order chi connectivity index (χ1) is 8.02. The van der Waals surface area contributed by atoms with Gasteiger partial charge in [0, 0.05) is 12.6 Å². The molecule has 3 N–H and O–H groups in total. The van der Waals surface area contributed by atoms with Crippen molar-refractivity contribution in [3.05, 3.63) is 0 Å². The van der Waals surface area contributed by atoms with Crippen LogP contribution in [0.1, 0.15) is 58.8 Å². The van der Waals surface area contributed by atoms with E-state index in [1.165, 1.54) is 25.7 Å². The number of hydrogen-bond acceptors (Lipinski definition) is 2. The van der Waals surface area contributed by atoms with Gasteiger partial charge in [0.25, 0.3) is 0 Å². The number of nitrogens with two attached hydrogens (primary N) is 1. The van der Waals surface area contributed by atoms with Crippen molar-refractivity contribution in [2.75, 3.05) is 6.54 Å². The smallest absolute Gasteiger partial charge is 0.227 e. The molecule has 0 aromatic heterocycles. The highest BCUT2D eigenvalue weighted by molar-refractivity contribution is 5.83. The molecule has 0 aliphatic heterocycles. The highest BCUT2D eigenvalue weighted by atomic mass is 16.2.